The molecule has 3 rings (SSSR count). The fraction of sp³-hybridized carbons (Fsp3) is 0.0714. The number of halogens is 1. The van der Waals surface area contributed by atoms with E-state index >= 15 is 0 Å². The monoisotopic (exact) mass is 287 g/mol. The van der Waals surface area contributed by atoms with E-state index in [4.69, 9.17) is 11.6 Å². The molecule has 0 saturated heterocycles. The first-order valence-electron chi connectivity index (χ1n) is 5.99. The maximum Gasteiger partial charge on any atom is 0.274 e. The zero-order valence-corrected chi connectivity index (χ0v) is 11.1. The number of imidazole rings is 1. The molecule has 0 aliphatic carbocycles. The predicted molar refractivity (Wildman–Crippen MR) is 76.1 cm³/mol. The first-order valence-corrected chi connectivity index (χ1v) is 6.37. The van der Waals surface area contributed by atoms with Crippen LogP contribution in [0.4, 0.5) is 5.69 Å². The summed E-state index contributed by atoms with van der Waals surface area (Å²) in [6, 6.07) is 10.4. The maximum atomic E-state index is 11.1. The lowest BCUT2D eigenvalue weighted by Gasteiger charge is -2.01. The lowest BCUT2D eigenvalue weighted by molar-refractivity contribution is -0.385. The number of rotatable bonds is 3. The van der Waals surface area contributed by atoms with Crippen LogP contribution in [0.25, 0.3) is 5.65 Å². The van der Waals surface area contributed by atoms with Crippen LogP contribution in [0.15, 0.2) is 48.8 Å². The molecule has 0 aliphatic heterocycles. The first kappa shape index (κ1) is 12.6. The van der Waals surface area contributed by atoms with E-state index in [2.05, 4.69) is 4.98 Å². The van der Waals surface area contributed by atoms with E-state index in [1.54, 1.807) is 12.1 Å². The molecule has 2 heterocycles. The Morgan fingerprint density at radius 2 is 2.15 bits per heavy atom. The van der Waals surface area contributed by atoms with Crippen LogP contribution >= 0.6 is 11.6 Å². The third-order valence-corrected chi connectivity index (χ3v) is 3.26. The molecule has 0 bridgehead atoms. The van der Waals surface area contributed by atoms with Crippen LogP contribution in [-0.2, 0) is 6.42 Å². The lowest BCUT2D eigenvalue weighted by Crippen LogP contribution is -1.97. The molecule has 0 saturated carbocycles. The summed E-state index contributed by atoms with van der Waals surface area (Å²) in [6.07, 6.45) is 4.16. The van der Waals surface area contributed by atoms with Crippen molar-refractivity contribution in [3.05, 3.63) is 75.2 Å². The van der Waals surface area contributed by atoms with E-state index in [9.17, 15) is 10.1 Å². The van der Waals surface area contributed by atoms with E-state index < -0.39 is 4.92 Å². The first-order chi connectivity index (χ1) is 9.63. The van der Waals surface area contributed by atoms with Crippen LogP contribution in [0, 0.1) is 10.1 Å². The molecule has 6 heteroatoms. The summed E-state index contributed by atoms with van der Waals surface area (Å²) >= 11 is 5.80. The normalized spacial score (nSPS) is 10.8. The van der Waals surface area contributed by atoms with Gasteiger partial charge < -0.3 is 4.40 Å². The quantitative estimate of drug-likeness (QED) is 0.547. The minimum atomic E-state index is -0.420. The van der Waals surface area contributed by atoms with Gasteiger partial charge in [-0.2, -0.15) is 0 Å². The van der Waals surface area contributed by atoms with Crippen LogP contribution in [0.2, 0.25) is 5.02 Å². The number of fused-ring (bicyclic) bond motifs is 1. The van der Waals surface area contributed by atoms with Crippen LogP contribution in [0.3, 0.4) is 0 Å². The number of nitro groups is 1. The zero-order chi connectivity index (χ0) is 14.1. The summed E-state index contributed by atoms with van der Waals surface area (Å²) in [7, 11) is 0. The number of nitrogens with zero attached hydrogens (tertiary/aromatic N) is 3. The molecule has 0 fully saturated rings. The number of hydrogen-bond donors (Lipinski definition) is 0. The summed E-state index contributed by atoms with van der Waals surface area (Å²) < 4.78 is 1.89. The van der Waals surface area contributed by atoms with Crippen molar-refractivity contribution in [3.8, 4) is 0 Å². The fourth-order valence-electron chi connectivity index (χ4n) is 2.12. The highest BCUT2D eigenvalue weighted by molar-refractivity contribution is 6.30. The van der Waals surface area contributed by atoms with Crippen molar-refractivity contribution >= 4 is 22.9 Å². The Morgan fingerprint density at radius 1 is 1.30 bits per heavy atom. The number of hydrogen-bond acceptors (Lipinski definition) is 3. The molecule has 0 amide bonds. The van der Waals surface area contributed by atoms with E-state index in [0.29, 0.717) is 17.0 Å². The zero-order valence-electron chi connectivity index (χ0n) is 10.4. The van der Waals surface area contributed by atoms with Crippen molar-refractivity contribution in [1.82, 2.24) is 9.38 Å². The van der Waals surface area contributed by atoms with Gasteiger partial charge in [0, 0.05) is 35.5 Å². The second-order valence-corrected chi connectivity index (χ2v) is 4.84. The third-order valence-electron chi connectivity index (χ3n) is 3.03. The topological polar surface area (TPSA) is 60.4 Å². The van der Waals surface area contributed by atoms with Crippen molar-refractivity contribution in [2.24, 2.45) is 0 Å². The Balaban J connectivity index is 2.00. The average molecular weight is 288 g/mol. The Morgan fingerprint density at radius 3 is 2.90 bits per heavy atom. The van der Waals surface area contributed by atoms with Crippen molar-refractivity contribution in [2.75, 3.05) is 0 Å². The summed E-state index contributed by atoms with van der Waals surface area (Å²) in [6.45, 7) is 0. The molecule has 2 aromatic heterocycles. The minimum absolute atomic E-state index is 0.0227. The van der Waals surface area contributed by atoms with Gasteiger partial charge in [0.1, 0.15) is 5.65 Å². The van der Waals surface area contributed by atoms with Crippen LogP contribution in [0.1, 0.15) is 11.3 Å². The van der Waals surface area contributed by atoms with Gasteiger partial charge in [0.05, 0.1) is 10.6 Å². The van der Waals surface area contributed by atoms with Gasteiger partial charge in [-0.3, -0.25) is 10.1 Å². The minimum Gasteiger partial charge on any atom is -0.307 e. The van der Waals surface area contributed by atoms with E-state index in [1.165, 1.54) is 6.07 Å². The molecular weight excluding hydrogens is 278 g/mol. The molecule has 0 aliphatic rings. The van der Waals surface area contributed by atoms with Crippen LogP contribution < -0.4 is 0 Å². The van der Waals surface area contributed by atoms with Gasteiger partial charge in [0.2, 0.25) is 0 Å². The van der Waals surface area contributed by atoms with E-state index in [-0.39, 0.29) is 5.69 Å². The number of benzene rings is 1. The second-order valence-electron chi connectivity index (χ2n) is 4.41. The van der Waals surface area contributed by atoms with E-state index in [1.807, 2.05) is 35.0 Å². The Hall–Kier alpha value is -2.40. The molecule has 3 aromatic rings. The van der Waals surface area contributed by atoms with Gasteiger partial charge in [0.25, 0.3) is 5.69 Å². The third kappa shape index (κ3) is 2.35. The Kier molecular flexibility index (Phi) is 3.12. The lowest BCUT2D eigenvalue weighted by atomic mass is 10.1. The van der Waals surface area contributed by atoms with Crippen molar-refractivity contribution in [1.29, 1.82) is 0 Å². The van der Waals surface area contributed by atoms with Crippen LogP contribution in [0.5, 0.6) is 0 Å². The van der Waals surface area contributed by atoms with Gasteiger partial charge >= 0.3 is 0 Å². The summed E-state index contributed by atoms with van der Waals surface area (Å²) in [4.78, 5) is 15.1. The standard InChI is InChI=1S/C14H10ClN3O2/c15-11-5-4-10(13(8-11)18(19)20)7-12-9-17-6-2-1-3-14(17)16-12/h1-6,8-9H,7H2. The van der Waals surface area contributed by atoms with Gasteiger partial charge in [-0.1, -0.05) is 23.7 Å². The van der Waals surface area contributed by atoms with Gasteiger partial charge in [-0.15, -0.1) is 0 Å². The highest BCUT2D eigenvalue weighted by Crippen LogP contribution is 2.25. The van der Waals surface area contributed by atoms with Crippen molar-refractivity contribution < 1.29 is 4.92 Å². The molecule has 0 unspecified atom stereocenters. The largest absolute Gasteiger partial charge is 0.307 e. The highest BCUT2D eigenvalue weighted by Gasteiger charge is 2.15. The fourth-order valence-corrected chi connectivity index (χ4v) is 2.29. The van der Waals surface area contributed by atoms with Gasteiger partial charge in [-0.25, -0.2) is 4.98 Å². The smallest absolute Gasteiger partial charge is 0.274 e. The average Bonchev–Trinajstić information content (AvgIpc) is 2.82. The number of aromatic nitrogens is 2. The Bertz CT molecular complexity index is 765. The molecule has 0 N–H and O–H groups in total. The summed E-state index contributed by atoms with van der Waals surface area (Å²) in [5.74, 6) is 0. The number of pyridine rings is 1. The molecule has 100 valence electrons. The summed E-state index contributed by atoms with van der Waals surface area (Å²) in [5, 5.41) is 11.4. The molecule has 0 radical (unpaired) electrons. The Labute approximate surface area is 119 Å². The molecule has 5 nitrogen and oxygen atoms in total. The SMILES string of the molecule is O=[N+]([O-])c1cc(Cl)ccc1Cc1cn2ccccc2n1. The van der Waals surface area contributed by atoms with Crippen molar-refractivity contribution in [3.63, 3.8) is 0 Å². The summed E-state index contributed by atoms with van der Waals surface area (Å²) in [5.41, 5.74) is 2.22. The van der Waals surface area contributed by atoms with Crippen molar-refractivity contribution in [2.45, 2.75) is 6.42 Å². The maximum absolute atomic E-state index is 11.1. The van der Waals surface area contributed by atoms with E-state index in [0.717, 1.165) is 11.3 Å². The van der Waals surface area contributed by atoms with Gasteiger partial charge in [-0.05, 0) is 18.2 Å². The van der Waals surface area contributed by atoms with Crippen LogP contribution in [-0.4, -0.2) is 14.3 Å². The second kappa shape index (κ2) is 4.94. The molecule has 20 heavy (non-hydrogen) atoms. The molecular formula is C14H10ClN3O2. The highest BCUT2D eigenvalue weighted by atomic mass is 35.5. The molecule has 0 spiro atoms. The number of nitro benzene ring substituents is 1. The predicted octanol–water partition coefficient (Wildman–Crippen LogP) is 3.49. The molecule has 1 aromatic carbocycles. The van der Waals surface area contributed by atoms with Gasteiger partial charge in [0.15, 0.2) is 0 Å². The molecule has 0 atom stereocenters.